The van der Waals surface area contributed by atoms with Crippen LogP contribution in [0.3, 0.4) is 0 Å². The maximum Gasteiger partial charge on any atom is 0.342 e. The highest BCUT2D eigenvalue weighted by molar-refractivity contribution is 5.90. The van der Waals surface area contributed by atoms with Gasteiger partial charge in [-0.25, -0.2) is 9.48 Å². The normalized spacial score (nSPS) is 11.8. The Morgan fingerprint density at radius 1 is 1.46 bits per heavy atom. The maximum atomic E-state index is 11.3. The van der Waals surface area contributed by atoms with E-state index in [0.29, 0.717) is 13.2 Å². The van der Waals surface area contributed by atoms with E-state index in [1.54, 1.807) is 6.20 Å². The molecule has 0 radical (unpaired) electrons. The molecule has 0 aliphatic carbocycles. The molecule has 7 heteroatoms. The minimum Gasteiger partial charge on any atom is -0.477 e. The molecule has 0 atom stereocenters. The summed E-state index contributed by atoms with van der Waals surface area (Å²) in [6.45, 7) is 12.5. The van der Waals surface area contributed by atoms with Crippen molar-refractivity contribution in [3.05, 3.63) is 17.8 Å². The number of aromatic carboxylic acids is 1. The predicted octanol–water partition coefficient (Wildman–Crippen LogP) is 3.53. The number of ether oxygens (including phenoxy) is 1. The molecule has 0 aliphatic rings. The van der Waals surface area contributed by atoms with E-state index in [-0.39, 0.29) is 22.8 Å². The van der Waals surface area contributed by atoms with Crippen molar-refractivity contribution in [1.82, 2.24) is 9.78 Å². The molecule has 1 aromatic rings. The number of carboxylic acids is 1. The van der Waals surface area contributed by atoms with E-state index in [9.17, 15) is 9.90 Å². The first kappa shape index (κ1) is 19.7. The van der Waals surface area contributed by atoms with Crippen LogP contribution in [0.15, 0.2) is 17.4 Å². The molecule has 1 rings (SSSR count). The smallest absolute Gasteiger partial charge is 0.342 e. The van der Waals surface area contributed by atoms with Crippen molar-refractivity contribution in [2.24, 2.45) is 16.5 Å². The second-order valence-electron chi connectivity index (χ2n) is 6.93. The first-order valence-electron chi connectivity index (χ1n) is 7.88. The fraction of sp³-hybridized carbons (Fsp3) is 0.588. The summed E-state index contributed by atoms with van der Waals surface area (Å²) in [6.07, 6.45) is 4.86. The van der Waals surface area contributed by atoms with Crippen LogP contribution in [0, 0.1) is 11.3 Å². The first-order chi connectivity index (χ1) is 11.1. The molecular weight excluding hydrogens is 310 g/mol. The van der Waals surface area contributed by atoms with Crippen molar-refractivity contribution in [2.45, 2.75) is 41.5 Å². The van der Waals surface area contributed by atoms with E-state index in [1.807, 2.05) is 47.6 Å². The lowest BCUT2D eigenvalue weighted by Crippen LogP contribution is -2.16. The molecule has 0 spiro atoms. The van der Waals surface area contributed by atoms with Crippen LogP contribution in [-0.4, -0.2) is 39.8 Å². The third kappa shape index (κ3) is 6.44. The topological polar surface area (TPSA) is 85.9 Å². The Hall–Kier alpha value is -2.31. The number of nitrogens with zero attached hydrogens (tertiary/aromatic N) is 3. The van der Waals surface area contributed by atoms with E-state index >= 15 is 0 Å². The second kappa shape index (κ2) is 8.52. The molecule has 1 heterocycles. The van der Waals surface area contributed by atoms with Crippen molar-refractivity contribution in [3.63, 3.8) is 0 Å². The number of oxime groups is 1. The molecule has 0 saturated heterocycles. The quantitative estimate of drug-likeness (QED) is 0.550. The van der Waals surface area contributed by atoms with Crippen LogP contribution in [-0.2, 0) is 4.84 Å². The largest absolute Gasteiger partial charge is 0.477 e. The van der Waals surface area contributed by atoms with Gasteiger partial charge < -0.3 is 14.7 Å². The van der Waals surface area contributed by atoms with Crippen LogP contribution in [0.4, 0.5) is 0 Å². The van der Waals surface area contributed by atoms with Gasteiger partial charge in [0, 0.05) is 11.6 Å². The molecule has 0 bridgehead atoms. The number of carboxylic acid groups (broad SMARTS) is 1. The summed E-state index contributed by atoms with van der Waals surface area (Å²) in [6, 6.07) is 0. The number of aromatic nitrogens is 2. The third-order valence-corrected chi connectivity index (χ3v) is 2.88. The molecular formula is C17H27N3O4. The van der Waals surface area contributed by atoms with Gasteiger partial charge in [-0.15, -0.1) is 0 Å². The van der Waals surface area contributed by atoms with Gasteiger partial charge in [-0.1, -0.05) is 38.9 Å². The Kier molecular flexibility index (Phi) is 7.00. The van der Waals surface area contributed by atoms with Gasteiger partial charge in [-0.3, -0.25) is 0 Å². The molecule has 134 valence electrons. The molecule has 0 amide bonds. The summed E-state index contributed by atoms with van der Waals surface area (Å²) in [5, 5.41) is 17.2. The van der Waals surface area contributed by atoms with Crippen molar-refractivity contribution in [1.29, 1.82) is 0 Å². The van der Waals surface area contributed by atoms with E-state index < -0.39 is 5.97 Å². The van der Waals surface area contributed by atoms with E-state index in [4.69, 9.17) is 9.57 Å². The molecule has 0 aliphatic heterocycles. The van der Waals surface area contributed by atoms with Gasteiger partial charge in [0.2, 0.25) is 5.88 Å². The Bertz CT molecular complexity index is 611. The summed E-state index contributed by atoms with van der Waals surface area (Å²) < 4.78 is 7.06. The number of rotatable bonds is 9. The lowest BCUT2D eigenvalue weighted by atomic mass is 9.95. The fourth-order valence-corrected chi connectivity index (χ4v) is 1.64. The summed E-state index contributed by atoms with van der Waals surface area (Å²) in [7, 11) is 0. The van der Waals surface area contributed by atoms with Crippen LogP contribution in [0.25, 0.3) is 6.20 Å². The minimum atomic E-state index is -1.07. The van der Waals surface area contributed by atoms with Crippen LogP contribution in [0.2, 0.25) is 0 Å². The van der Waals surface area contributed by atoms with E-state index in [1.165, 1.54) is 10.9 Å². The first-order valence-corrected chi connectivity index (χ1v) is 7.88. The van der Waals surface area contributed by atoms with Crippen molar-refractivity contribution >= 4 is 17.9 Å². The highest BCUT2D eigenvalue weighted by atomic mass is 16.6. The van der Waals surface area contributed by atoms with Gasteiger partial charge in [0.05, 0.1) is 18.5 Å². The Morgan fingerprint density at radius 3 is 2.67 bits per heavy atom. The highest BCUT2D eigenvalue weighted by Gasteiger charge is 2.19. The van der Waals surface area contributed by atoms with Gasteiger partial charge in [-0.05, 0) is 19.8 Å². The molecule has 0 aromatic carbocycles. The Balaban J connectivity index is 2.92. The summed E-state index contributed by atoms with van der Waals surface area (Å²) >= 11 is 0. The zero-order valence-electron chi connectivity index (χ0n) is 15.2. The van der Waals surface area contributed by atoms with Crippen molar-refractivity contribution in [2.75, 3.05) is 13.2 Å². The molecule has 1 N–H and O–H groups in total. The molecule has 7 nitrogen and oxygen atoms in total. The summed E-state index contributed by atoms with van der Waals surface area (Å²) in [4.78, 5) is 16.6. The highest BCUT2D eigenvalue weighted by Crippen LogP contribution is 2.23. The minimum absolute atomic E-state index is 0.0422. The SMILES string of the molecule is CC(C)=NOCC(C)(C)C=Cn1ncc(C(=O)O)c1OCC(C)C. The van der Waals surface area contributed by atoms with Crippen LogP contribution in [0.1, 0.15) is 51.9 Å². The molecule has 0 unspecified atom stereocenters. The van der Waals surface area contributed by atoms with E-state index in [2.05, 4.69) is 10.3 Å². The third-order valence-electron chi connectivity index (χ3n) is 2.88. The number of hydrogen-bond acceptors (Lipinski definition) is 5. The monoisotopic (exact) mass is 337 g/mol. The number of carbonyl (C=O) groups is 1. The van der Waals surface area contributed by atoms with Crippen LogP contribution < -0.4 is 4.74 Å². The molecule has 0 fully saturated rings. The maximum absolute atomic E-state index is 11.3. The molecule has 1 aromatic heterocycles. The Morgan fingerprint density at radius 2 is 2.12 bits per heavy atom. The van der Waals surface area contributed by atoms with Gasteiger partial charge in [0.15, 0.2) is 0 Å². The average molecular weight is 337 g/mol. The lowest BCUT2D eigenvalue weighted by Gasteiger charge is -2.18. The Labute approximate surface area is 142 Å². The van der Waals surface area contributed by atoms with Crippen molar-refractivity contribution in [3.8, 4) is 5.88 Å². The molecule has 24 heavy (non-hydrogen) atoms. The predicted molar refractivity (Wildman–Crippen MR) is 93.4 cm³/mol. The van der Waals surface area contributed by atoms with Crippen LogP contribution in [0.5, 0.6) is 5.88 Å². The van der Waals surface area contributed by atoms with Gasteiger partial charge >= 0.3 is 5.97 Å². The van der Waals surface area contributed by atoms with Gasteiger partial charge in [0.25, 0.3) is 0 Å². The number of hydrogen-bond donors (Lipinski definition) is 1. The fourth-order valence-electron chi connectivity index (χ4n) is 1.64. The summed E-state index contributed by atoms with van der Waals surface area (Å²) in [5.41, 5.74) is 0.585. The van der Waals surface area contributed by atoms with Crippen LogP contribution >= 0.6 is 0 Å². The molecule has 0 saturated carbocycles. The lowest BCUT2D eigenvalue weighted by molar-refractivity contribution is 0.0691. The van der Waals surface area contributed by atoms with Crippen molar-refractivity contribution < 1.29 is 19.5 Å². The van der Waals surface area contributed by atoms with Gasteiger partial charge in [0.1, 0.15) is 12.2 Å². The average Bonchev–Trinajstić information content (AvgIpc) is 2.85. The second-order valence-corrected chi connectivity index (χ2v) is 6.93. The van der Waals surface area contributed by atoms with E-state index in [0.717, 1.165) is 5.71 Å². The zero-order valence-corrected chi connectivity index (χ0v) is 15.2. The standard InChI is InChI=1S/C17H27N3O4/c1-12(2)10-23-15-14(16(21)22)9-18-20(15)8-7-17(5,6)11-24-19-13(3)4/h7-9,12H,10-11H2,1-6H3,(H,21,22). The zero-order chi connectivity index (χ0) is 18.3. The summed E-state index contributed by atoms with van der Waals surface area (Å²) in [5.74, 6) is -0.561. The van der Waals surface area contributed by atoms with Gasteiger partial charge in [-0.2, -0.15) is 5.10 Å².